The number of pyridine rings is 1. The number of anilines is 1. The lowest BCUT2D eigenvalue weighted by molar-refractivity contribution is 0.300. The number of rotatable bonds is 3. The van der Waals surface area contributed by atoms with Gasteiger partial charge in [-0.25, -0.2) is 0 Å². The van der Waals surface area contributed by atoms with Crippen LogP contribution in [0.5, 0.6) is 0 Å². The van der Waals surface area contributed by atoms with Gasteiger partial charge in [-0.2, -0.15) is 0 Å². The summed E-state index contributed by atoms with van der Waals surface area (Å²) in [5, 5.41) is 4.91. The zero-order chi connectivity index (χ0) is 13.8. The van der Waals surface area contributed by atoms with E-state index in [2.05, 4.69) is 46.4 Å². The molecule has 0 aliphatic carbocycles. The molecule has 0 bridgehead atoms. The third-order valence-electron chi connectivity index (χ3n) is 4.24. The summed E-state index contributed by atoms with van der Waals surface area (Å²) in [6, 6.07) is 11.2. The summed E-state index contributed by atoms with van der Waals surface area (Å²) in [5.74, 6) is 0. The van der Waals surface area contributed by atoms with E-state index in [0.29, 0.717) is 6.04 Å². The molecule has 1 aliphatic heterocycles. The molecule has 2 aromatic rings. The van der Waals surface area contributed by atoms with Crippen molar-refractivity contribution in [2.45, 2.75) is 32.2 Å². The highest BCUT2D eigenvalue weighted by Crippen LogP contribution is 2.20. The topological polar surface area (TPSA) is 28.2 Å². The van der Waals surface area contributed by atoms with Gasteiger partial charge in [0.15, 0.2) is 0 Å². The van der Waals surface area contributed by atoms with Gasteiger partial charge in [-0.05, 0) is 56.6 Å². The van der Waals surface area contributed by atoms with Crippen LogP contribution in [-0.2, 0) is 0 Å². The first-order valence-electron chi connectivity index (χ1n) is 7.69. The molecule has 0 spiro atoms. The molecule has 0 amide bonds. The molecule has 2 heterocycles. The maximum atomic E-state index is 4.37. The number of nitrogens with zero attached hydrogens (tertiary/aromatic N) is 2. The Labute approximate surface area is 121 Å². The first kappa shape index (κ1) is 13.4. The number of likely N-dealkylation sites (tertiary alicyclic amines) is 1. The SMILES string of the molecule is CCN1CCCC(Nc2ccc3ncccc3c2)CC1. The van der Waals surface area contributed by atoms with Crippen molar-refractivity contribution >= 4 is 16.6 Å². The van der Waals surface area contributed by atoms with Crippen molar-refractivity contribution in [3.05, 3.63) is 36.5 Å². The molecule has 0 radical (unpaired) electrons. The fourth-order valence-corrected chi connectivity index (χ4v) is 3.02. The van der Waals surface area contributed by atoms with Gasteiger partial charge in [-0.1, -0.05) is 13.0 Å². The standard InChI is InChI=1S/C17H23N3/c1-2-20-11-4-6-15(9-12-20)19-16-7-8-17-14(13-16)5-3-10-18-17/h3,5,7-8,10,13,15,19H,2,4,6,9,11-12H2,1H3. The Balaban J connectivity index is 1.69. The molecule has 1 atom stereocenters. The lowest BCUT2D eigenvalue weighted by atomic mass is 10.1. The Morgan fingerprint density at radius 3 is 3.10 bits per heavy atom. The molecule has 3 nitrogen and oxygen atoms in total. The minimum Gasteiger partial charge on any atom is -0.382 e. The van der Waals surface area contributed by atoms with Crippen molar-refractivity contribution in [2.75, 3.05) is 25.0 Å². The molecule has 3 heteroatoms. The number of aromatic nitrogens is 1. The second-order valence-electron chi connectivity index (χ2n) is 5.62. The van der Waals surface area contributed by atoms with Crippen molar-refractivity contribution < 1.29 is 0 Å². The monoisotopic (exact) mass is 269 g/mol. The van der Waals surface area contributed by atoms with E-state index in [1.165, 1.54) is 50.0 Å². The van der Waals surface area contributed by atoms with Gasteiger partial charge in [0.2, 0.25) is 0 Å². The molecular formula is C17H23N3. The van der Waals surface area contributed by atoms with Gasteiger partial charge in [0, 0.05) is 29.9 Å². The van der Waals surface area contributed by atoms with E-state index < -0.39 is 0 Å². The van der Waals surface area contributed by atoms with E-state index in [9.17, 15) is 0 Å². The highest BCUT2D eigenvalue weighted by Gasteiger charge is 2.15. The third-order valence-corrected chi connectivity index (χ3v) is 4.24. The smallest absolute Gasteiger partial charge is 0.0703 e. The average Bonchev–Trinajstić information content (AvgIpc) is 2.72. The second kappa shape index (κ2) is 6.23. The van der Waals surface area contributed by atoms with Crippen LogP contribution in [0.2, 0.25) is 0 Å². The van der Waals surface area contributed by atoms with Crippen molar-refractivity contribution in [3.8, 4) is 0 Å². The maximum absolute atomic E-state index is 4.37. The molecule has 1 unspecified atom stereocenters. The van der Waals surface area contributed by atoms with E-state index in [1.54, 1.807) is 0 Å². The summed E-state index contributed by atoms with van der Waals surface area (Å²) in [4.78, 5) is 6.92. The van der Waals surface area contributed by atoms with Crippen LogP contribution in [0.1, 0.15) is 26.2 Å². The number of fused-ring (bicyclic) bond motifs is 1. The summed E-state index contributed by atoms with van der Waals surface area (Å²) in [6.45, 7) is 5.89. The lowest BCUT2D eigenvalue weighted by Crippen LogP contribution is -2.26. The Morgan fingerprint density at radius 2 is 2.20 bits per heavy atom. The van der Waals surface area contributed by atoms with E-state index in [1.807, 2.05) is 12.3 Å². The largest absolute Gasteiger partial charge is 0.382 e. The Bertz CT molecular complexity index is 567. The van der Waals surface area contributed by atoms with Crippen molar-refractivity contribution in [2.24, 2.45) is 0 Å². The molecule has 3 rings (SSSR count). The molecule has 1 fully saturated rings. The first-order valence-corrected chi connectivity index (χ1v) is 7.69. The molecule has 1 aliphatic rings. The zero-order valence-corrected chi connectivity index (χ0v) is 12.2. The summed E-state index contributed by atoms with van der Waals surface area (Å²) in [5.41, 5.74) is 2.29. The van der Waals surface area contributed by atoms with Crippen LogP contribution in [0.4, 0.5) is 5.69 Å². The first-order chi connectivity index (χ1) is 9.85. The maximum Gasteiger partial charge on any atom is 0.0703 e. The Hall–Kier alpha value is -1.61. The summed E-state index contributed by atoms with van der Waals surface area (Å²) >= 11 is 0. The minimum atomic E-state index is 0.598. The van der Waals surface area contributed by atoms with Crippen molar-refractivity contribution in [1.29, 1.82) is 0 Å². The second-order valence-corrected chi connectivity index (χ2v) is 5.62. The number of nitrogens with one attached hydrogen (secondary N) is 1. The third kappa shape index (κ3) is 3.10. The van der Waals surface area contributed by atoms with E-state index in [4.69, 9.17) is 0 Å². The predicted molar refractivity (Wildman–Crippen MR) is 85.1 cm³/mol. The molecule has 106 valence electrons. The lowest BCUT2D eigenvalue weighted by Gasteiger charge is -2.19. The normalized spacial score (nSPS) is 20.8. The molecule has 20 heavy (non-hydrogen) atoms. The highest BCUT2D eigenvalue weighted by atomic mass is 15.1. The van der Waals surface area contributed by atoms with Crippen LogP contribution in [0.15, 0.2) is 36.5 Å². The minimum absolute atomic E-state index is 0.598. The Kier molecular flexibility index (Phi) is 4.16. The molecule has 0 saturated carbocycles. The van der Waals surface area contributed by atoms with Gasteiger partial charge in [0.1, 0.15) is 0 Å². The quantitative estimate of drug-likeness (QED) is 0.924. The van der Waals surface area contributed by atoms with Gasteiger partial charge >= 0.3 is 0 Å². The average molecular weight is 269 g/mol. The number of hydrogen-bond acceptors (Lipinski definition) is 3. The highest BCUT2D eigenvalue weighted by molar-refractivity contribution is 5.82. The van der Waals surface area contributed by atoms with Crippen molar-refractivity contribution in [1.82, 2.24) is 9.88 Å². The molecule has 1 saturated heterocycles. The van der Waals surface area contributed by atoms with Crippen LogP contribution in [0.25, 0.3) is 10.9 Å². The summed E-state index contributed by atoms with van der Waals surface area (Å²) in [6.07, 6.45) is 5.64. The molecule has 1 N–H and O–H groups in total. The van der Waals surface area contributed by atoms with Gasteiger partial charge < -0.3 is 10.2 Å². The fourth-order valence-electron chi connectivity index (χ4n) is 3.02. The predicted octanol–water partition coefficient (Wildman–Crippen LogP) is 3.52. The van der Waals surface area contributed by atoms with E-state index in [-0.39, 0.29) is 0 Å². The van der Waals surface area contributed by atoms with E-state index in [0.717, 1.165) is 5.52 Å². The molecule has 1 aromatic carbocycles. The summed E-state index contributed by atoms with van der Waals surface area (Å²) < 4.78 is 0. The van der Waals surface area contributed by atoms with Crippen LogP contribution in [0, 0.1) is 0 Å². The van der Waals surface area contributed by atoms with E-state index >= 15 is 0 Å². The fraction of sp³-hybridized carbons (Fsp3) is 0.471. The molecular weight excluding hydrogens is 246 g/mol. The summed E-state index contributed by atoms with van der Waals surface area (Å²) in [7, 11) is 0. The van der Waals surface area contributed by atoms with Crippen LogP contribution >= 0.6 is 0 Å². The van der Waals surface area contributed by atoms with Gasteiger partial charge in [-0.15, -0.1) is 0 Å². The van der Waals surface area contributed by atoms with Crippen molar-refractivity contribution in [3.63, 3.8) is 0 Å². The van der Waals surface area contributed by atoms with Crippen LogP contribution < -0.4 is 5.32 Å². The van der Waals surface area contributed by atoms with Crippen LogP contribution in [-0.4, -0.2) is 35.6 Å². The van der Waals surface area contributed by atoms with Gasteiger partial charge in [0.25, 0.3) is 0 Å². The number of hydrogen-bond donors (Lipinski definition) is 1. The number of benzene rings is 1. The molecule has 1 aromatic heterocycles. The van der Waals surface area contributed by atoms with Gasteiger partial charge in [0.05, 0.1) is 5.52 Å². The van der Waals surface area contributed by atoms with Gasteiger partial charge in [-0.3, -0.25) is 4.98 Å². The van der Waals surface area contributed by atoms with Crippen LogP contribution in [0.3, 0.4) is 0 Å². The zero-order valence-electron chi connectivity index (χ0n) is 12.2. The Morgan fingerprint density at radius 1 is 1.25 bits per heavy atom.